The van der Waals surface area contributed by atoms with Gasteiger partial charge in [0.2, 0.25) is 0 Å². The number of benzene rings is 1. The Bertz CT molecular complexity index is 874. The summed E-state index contributed by atoms with van der Waals surface area (Å²) < 4.78 is 13.1. The van der Waals surface area contributed by atoms with Gasteiger partial charge >= 0.3 is 0 Å². The van der Waals surface area contributed by atoms with Crippen LogP contribution in [0.4, 0.5) is 0 Å². The number of halogens is 3. The molecule has 11 nitrogen and oxygen atoms in total. The Labute approximate surface area is 229 Å². The predicted octanol–water partition coefficient (Wildman–Crippen LogP) is -2.58. The van der Waals surface area contributed by atoms with Gasteiger partial charge in [-0.15, -0.1) is 0 Å². The lowest BCUT2D eigenvalue weighted by Gasteiger charge is -2.59. The second kappa shape index (κ2) is 10.4. The van der Waals surface area contributed by atoms with E-state index in [0.29, 0.717) is 5.56 Å². The number of ether oxygens (including phenoxy) is 2. The van der Waals surface area contributed by atoms with Gasteiger partial charge in [-0.1, -0.05) is 0 Å². The Hall–Kier alpha value is 0.970. The molecule has 9 N–H and O–H groups in total. The summed E-state index contributed by atoms with van der Waals surface area (Å²) >= 11 is 6.22. The molecule has 1 aromatic rings. The van der Waals surface area contributed by atoms with Gasteiger partial charge in [0.1, 0.15) is 36.6 Å². The number of hydrogen-bond acceptors (Lipinski definition) is 11. The highest BCUT2D eigenvalue weighted by Crippen LogP contribution is 2.46. The molecule has 0 bridgehead atoms. The zero-order chi connectivity index (χ0) is 24.9. The number of hydrogen-bond donors (Lipinski definition) is 9. The highest BCUT2D eigenvalue weighted by molar-refractivity contribution is 14.1. The van der Waals surface area contributed by atoms with Gasteiger partial charge in [-0.25, -0.2) is 0 Å². The van der Waals surface area contributed by atoms with Crippen molar-refractivity contribution in [2.24, 2.45) is 0 Å². The molecule has 2 fully saturated rings. The van der Waals surface area contributed by atoms with Crippen LogP contribution in [0.5, 0.6) is 0 Å². The van der Waals surface area contributed by atoms with Gasteiger partial charge in [0.05, 0.1) is 19.8 Å². The Morgan fingerprint density at radius 3 is 2.12 bits per heavy atom. The van der Waals surface area contributed by atoms with Crippen molar-refractivity contribution in [1.29, 1.82) is 0 Å². The van der Waals surface area contributed by atoms with E-state index in [4.69, 9.17) is 9.47 Å². The molecule has 2 saturated heterocycles. The van der Waals surface area contributed by atoms with Crippen molar-refractivity contribution in [2.75, 3.05) is 19.8 Å². The Morgan fingerprint density at radius 1 is 0.909 bits per heavy atom. The lowest BCUT2D eigenvalue weighted by atomic mass is 9.65. The van der Waals surface area contributed by atoms with Crippen LogP contribution in [0.25, 0.3) is 0 Å². The average Bonchev–Trinajstić information content (AvgIpc) is 2.77. The first kappa shape index (κ1) is 28.5. The summed E-state index contributed by atoms with van der Waals surface area (Å²) in [6.07, 6.45) is -12.1. The van der Waals surface area contributed by atoms with Crippen molar-refractivity contribution in [3.05, 3.63) is 28.4 Å². The molecule has 2 aliphatic rings. The Balaban J connectivity index is 2.00. The van der Waals surface area contributed by atoms with Crippen LogP contribution in [0, 0.1) is 10.7 Å². The molecule has 2 aliphatic heterocycles. The van der Waals surface area contributed by atoms with E-state index in [9.17, 15) is 46.0 Å². The second-order valence-corrected chi connectivity index (χ2v) is 11.8. The van der Waals surface area contributed by atoms with Gasteiger partial charge in [0.15, 0.2) is 17.0 Å². The third kappa shape index (κ3) is 4.71. The highest BCUT2D eigenvalue weighted by Gasteiger charge is 2.72. The first-order chi connectivity index (χ1) is 15.3. The lowest BCUT2D eigenvalue weighted by Crippen LogP contribution is -2.84. The fourth-order valence-corrected chi connectivity index (χ4v) is 6.84. The molecule has 0 saturated carbocycles. The maximum atomic E-state index is 11.4. The maximum Gasteiger partial charge on any atom is 0.199 e. The molecular weight excluding hydrogens is 785 g/mol. The van der Waals surface area contributed by atoms with E-state index in [0.717, 1.165) is 10.7 Å². The van der Waals surface area contributed by atoms with Crippen molar-refractivity contribution >= 4 is 67.8 Å². The SMILES string of the molecule is OC[C@H]1OC[C@](O)([C@]2(O)[C@H](O)[C@@H](O)[C@](O)(Cc3cc(I)cc(I)c3I)O[C@@H]2CO)[C@@H](O)[C@H]1O. The molecule has 3 rings (SSSR count). The first-order valence-corrected chi connectivity index (χ1v) is 13.0. The van der Waals surface area contributed by atoms with Crippen molar-refractivity contribution in [3.63, 3.8) is 0 Å². The van der Waals surface area contributed by atoms with Gasteiger partial charge in [-0.05, 0) is 85.5 Å². The van der Waals surface area contributed by atoms with Crippen LogP contribution >= 0.6 is 67.8 Å². The summed E-state index contributed by atoms with van der Waals surface area (Å²) in [5.74, 6) is -2.49. The summed E-state index contributed by atoms with van der Waals surface area (Å²) in [6.45, 7) is -2.63. The van der Waals surface area contributed by atoms with Crippen molar-refractivity contribution in [3.8, 4) is 0 Å². The standard InChI is InChI=1S/C19H25I3O11/c20-8-1-7(12(22)9(21)2-8)3-18(30)15(27)16(28)19(31,11(5-24)33-18)17(29)6-32-10(4-23)13(25)14(17)26/h1-2,10-11,13-16,23-31H,3-6H2/t10-,11-,13+,14+,15-,16-,17-,18+,19-/m1/s1. The predicted molar refractivity (Wildman–Crippen MR) is 136 cm³/mol. The Morgan fingerprint density at radius 2 is 1.55 bits per heavy atom. The van der Waals surface area contributed by atoms with Gasteiger partial charge in [-0.3, -0.25) is 0 Å². The molecule has 1 aromatic carbocycles. The summed E-state index contributed by atoms with van der Waals surface area (Å²) in [6, 6.07) is 3.63. The van der Waals surface area contributed by atoms with Crippen LogP contribution in [0.2, 0.25) is 0 Å². The minimum Gasteiger partial charge on any atom is -0.394 e. The van der Waals surface area contributed by atoms with Crippen molar-refractivity contribution in [2.45, 2.75) is 60.0 Å². The van der Waals surface area contributed by atoms with E-state index >= 15 is 0 Å². The number of aliphatic hydroxyl groups excluding tert-OH is 6. The van der Waals surface area contributed by atoms with Crippen molar-refractivity contribution in [1.82, 2.24) is 0 Å². The summed E-state index contributed by atoms with van der Waals surface area (Å²) in [5, 5.41) is 95.4. The van der Waals surface area contributed by atoms with Gasteiger partial charge < -0.3 is 55.4 Å². The van der Waals surface area contributed by atoms with E-state index < -0.39 is 73.4 Å². The van der Waals surface area contributed by atoms with Crippen LogP contribution in [-0.2, 0) is 15.9 Å². The number of rotatable bonds is 5. The molecule has 0 unspecified atom stereocenters. The highest BCUT2D eigenvalue weighted by atomic mass is 127. The summed E-state index contributed by atoms with van der Waals surface area (Å²) in [5.41, 5.74) is -5.27. The second-order valence-electron chi connectivity index (χ2n) is 8.28. The van der Waals surface area contributed by atoms with Gasteiger partial charge in [-0.2, -0.15) is 0 Å². The third-order valence-electron chi connectivity index (χ3n) is 6.31. The fourth-order valence-electron chi connectivity index (χ4n) is 4.37. The minimum atomic E-state index is -2.99. The quantitative estimate of drug-likeness (QED) is 0.112. The topological polar surface area (TPSA) is 201 Å². The van der Waals surface area contributed by atoms with Crippen LogP contribution in [0.15, 0.2) is 12.1 Å². The fraction of sp³-hybridized carbons (Fsp3) is 0.684. The molecule has 9 atom stereocenters. The average molecular weight is 810 g/mol. The van der Waals surface area contributed by atoms with Gasteiger partial charge in [0, 0.05) is 17.1 Å². The molecular formula is C19H25I3O11. The molecule has 14 heteroatoms. The van der Waals surface area contributed by atoms with E-state index in [2.05, 4.69) is 45.2 Å². The smallest absolute Gasteiger partial charge is 0.199 e. The molecule has 188 valence electrons. The van der Waals surface area contributed by atoms with Crippen LogP contribution in [0.1, 0.15) is 5.56 Å². The van der Waals surface area contributed by atoms with E-state index in [1.165, 1.54) is 0 Å². The molecule has 0 amide bonds. The molecule has 0 spiro atoms. The van der Waals surface area contributed by atoms with E-state index in [1.54, 1.807) is 6.07 Å². The monoisotopic (exact) mass is 810 g/mol. The van der Waals surface area contributed by atoms with E-state index in [-0.39, 0.29) is 6.42 Å². The minimum absolute atomic E-state index is 0.338. The first-order valence-electron chi connectivity index (χ1n) is 9.80. The molecule has 0 radical (unpaired) electrons. The summed E-state index contributed by atoms with van der Waals surface area (Å²) in [7, 11) is 0. The van der Waals surface area contributed by atoms with Crippen LogP contribution in [0.3, 0.4) is 0 Å². The zero-order valence-electron chi connectivity index (χ0n) is 16.9. The maximum absolute atomic E-state index is 11.4. The summed E-state index contributed by atoms with van der Waals surface area (Å²) in [4.78, 5) is 0. The van der Waals surface area contributed by atoms with E-state index in [1.807, 2.05) is 28.7 Å². The zero-order valence-corrected chi connectivity index (χ0v) is 23.4. The van der Waals surface area contributed by atoms with Gasteiger partial charge in [0.25, 0.3) is 0 Å². The molecule has 0 aliphatic carbocycles. The molecule has 2 heterocycles. The van der Waals surface area contributed by atoms with Crippen molar-refractivity contribution < 1.29 is 55.4 Å². The van der Waals surface area contributed by atoms with Crippen LogP contribution < -0.4 is 0 Å². The van der Waals surface area contributed by atoms with Crippen LogP contribution in [-0.4, -0.2) is 119 Å². The molecule has 33 heavy (non-hydrogen) atoms. The lowest BCUT2D eigenvalue weighted by molar-refractivity contribution is -0.416. The normalized spacial score (nSPS) is 44.1. The number of aliphatic hydroxyl groups is 9. The Kier molecular flexibility index (Phi) is 8.98. The third-order valence-corrected chi connectivity index (χ3v) is 10.1. The largest absolute Gasteiger partial charge is 0.394 e. The molecule has 0 aromatic heterocycles.